The zero-order valence-electron chi connectivity index (χ0n) is 10.9. The Bertz CT molecular complexity index is 344. The molecule has 0 aliphatic carbocycles. The van der Waals surface area contributed by atoms with Crippen LogP contribution in [0.4, 0.5) is 0 Å². The summed E-state index contributed by atoms with van der Waals surface area (Å²) in [6.45, 7) is 3.32. The molecule has 0 bridgehead atoms. The second-order valence-corrected chi connectivity index (χ2v) is 4.32. The van der Waals surface area contributed by atoms with Crippen LogP contribution in [0.3, 0.4) is 0 Å². The van der Waals surface area contributed by atoms with Crippen LogP contribution < -0.4 is 0 Å². The number of benzene rings is 1. The van der Waals surface area contributed by atoms with Gasteiger partial charge in [-0.15, -0.1) is 0 Å². The number of esters is 1. The fraction of sp³-hybridized carbons (Fsp3) is 0.500. The van der Waals surface area contributed by atoms with E-state index in [4.69, 9.17) is 4.74 Å². The van der Waals surface area contributed by atoms with Gasteiger partial charge in [-0.1, -0.05) is 12.1 Å². The molecule has 0 saturated heterocycles. The summed E-state index contributed by atoms with van der Waals surface area (Å²) < 4.78 is 4.93. The van der Waals surface area contributed by atoms with Crippen LogP contribution in [0.1, 0.15) is 29.3 Å². The van der Waals surface area contributed by atoms with E-state index in [1.54, 1.807) is 0 Å². The lowest BCUT2D eigenvalue weighted by Crippen LogP contribution is -2.13. The highest BCUT2D eigenvalue weighted by atomic mass is 16.5. The van der Waals surface area contributed by atoms with Crippen LogP contribution in [0, 0.1) is 0 Å². The Morgan fingerprint density at radius 2 is 1.88 bits per heavy atom. The molecule has 0 N–H and O–H groups in total. The first kappa shape index (κ1) is 13.7. The van der Waals surface area contributed by atoms with Crippen LogP contribution in [-0.2, 0) is 11.2 Å². The van der Waals surface area contributed by atoms with Gasteiger partial charge < -0.3 is 9.64 Å². The molecule has 0 aliphatic heterocycles. The van der Waals surface area contributed by atoms with E-state index in [-0.39, 0.29) is 5.97 Å². The zero-order valence-corrected chi connectivity index (χ0v) is 10.9. The molecule has 0 spiro atoms. The molecule has 94 valence electrons. The Labute approximate surface area is 103 Å². The number of hydrogen-bond acceptors (Lipinski definition) is 3. The van der Waals surface area contributed by atoms with Gasteiger partial charge in [0, 0.05) is 0 Å². The number of aryl methyl sites for hydroxylation is 1. The lowest BCUT2D eigenvalue weighted by atomic mass is 10.1. The third kappa shape index (κ3) is 5.00. The van der Waals surface area contributed by atoms with Crippen LogP contribution in [0.2, 0.25) is 0 Å². The van der Waals surface area contributed by atoms with E-state index in [2.05, 4.69) is 19.0 Å². The first-order valence-electron chi connectivity index (χ1n) is 6.04. The molecule has 0 fully saturated rings. The van der Waals surface area contributed by atoms with Crippen molar-refractivity contribution in [1.29, 1.82) is 0 Å². The highest BCUT2D eigenvalue weighted by molar-refractivity contribution is 5.89. The van der Waals surface area contributed by atoms with E-state index in [0.717, 1.165) is 19.4 Å². The van der Waals surface area contributed by atoms with Gasteiger partial charge in [-0.05, 0) is 58.1 Å². The van der Waals surface area contributed by atoms with Gasteiger partial charge in [0.05, 0.1) is 12.2 Å². The summed E-state index contributed by atoms with van der Waals surface area (Å²) in [7, 11) is 4.15. The van der Waals surface area contributed by atoms with Crippen molar-refractivity contribution in [1.82, 2.24) is 4.90 Å². The Morgan fingerprint density at radius 1 is 1.24 bits per heavy atom. The molecule has 0 aliphatic rings. The van der Waals surface area contributed by atoms with Gasteiger partial charge in [-0.3, -0.25) is 0 Å². The van der Waals surface area contributed by atoms with Crippen molar-refractivity contribution in [3.63, 3.8) is 0 Å². The van der Waals surface area contributed by atoms with Crippen molar-refractivity contribution in [3.05, 3.63) is 35.4 Å². The van der Waals surface area contributed by atoms with Crippen LogP contribution in [0.15, 0.2) is 24.3 Å². The standard InChI is InChI=1S/C14H21NO2/c1-4-17-14(16)13-9-7-12(8-10-13)6-5-11-15(2)3/h7-10H,4-6,11H2,1-3H3. The van der Waals surface area contributed by atoms with Crippen molar-refractivity contribution >= 4 is 5.97 Å². The monoisotopic (exact) mass is 235 g/mol. The Morgan fingerprint density at radius 3 is 2.41 bits per heavy atom. The molecule has 1 aromatic rings. The number of nitrogens with zero attached hydrogens (tertiary/aromatic N) is 1. The van der Waals surface area contributed by atoms with E-state index in [0.29, 0.717) is 12.2 Å². The van der Waals surface area contributed by atoms with Gasteiger partial charge in [0.2, 0.25) is 0 Å². The van der Waals surface area contributed by atoms with Crippen molar-refractivity contribution in [2.45, 2.75) is 19.8 Å². The SMILES string of the molecule is CCOC(=O)c1ccc(CCCN(C)C)cc1. The topological polar surface area (TPSA) is 29.5 Å². The highest BCUT2D eigenvalue weighted by Gasteiger charge is 2.05. The third-order valence-electron chi connectivity index (χ3n) is 2.54. The molecule has 1 aromatic carbocycles. The summed E-state index contributed by atoms with van der Waals surface area (Å²) >= 11 is 0. The average molecular weight is 235 g/mol. The average Bonchev–Trinajstić information content (AvgIpc) is 2.30. The first-order valence-corrected chi connectivity index (χ1v) is 6.04. The smallest absolute Gasteiger partial charge is 0.338 e. The van der Waals surface area contributed by atoms with Crippen LogP contribution in [0.5, 0.6) is 0 Å². The molecule has 0 amide bonds. The molecule has 0 saturated carbocycles. The quantitative estimate of drug-likeness (QED) is 0.709. The number of ether oxygens (including phenoxy) is 1. The second kappa shape index (κ2) is 7.07. The summed E-state index contributed by atoms with van der Waals surface area (Å²) in [6, 6.07) is 7.68. The van der Waals surface area contributed by atoms with Gasteiger partial charge in [0.1, 0.15) is 0 Å². The fourth-order valence-corrected chi connectivity index (χ4v) is 1.62. The molecule has 0 aromatic heterocycles. The van der Waals surface area contributed by atoms with Crippen LogP contribution in [0.25, 0.3) is 0 Å². The molecule has 17 heavy (non-hydrogen) atoms. The van der Waals surface area contributed by atoms with Gasteiger partial charge in [-0.25, -0.2) is 4.79 Å². The first-order chi connectivity index (χ1) is 8.13. The molecule has 3 nitrogen and oxygen atoms in total. The molecular formula is C14H21NO2. The molecule has 0 radical (unpaired) electrons. The van der Waals surface area contributed by atoms with Gasteiger partial charge in [0.25, 0.3) is 0 Å². The van der Waals surface area contributed by atoms with Crippen molar-refractivity contribution < 1.29 is 9.53 Å². The Balaban J connectivity index is 2.47. The van der Waals surface area contributed by atoms with Crippen LogP contribution in [-0.4, -0.2) is 38.1 Å². The predicted molar refractivity (Wildman–Crippen MR) is 69.3 cm³/mol. The largest absolute Gasteiger partial charge is 0.462 e. The summed E-state index contributed by atoms with van der Waals surface area (Å²) in [4.78, 5) is 13.6. The van der Waals surface area contributed by atoms with Gasteiger partial charge in [0.15, 0.2) is 0 Å². The third-order valence-corrected chi connectivity index (χ3v) is 2.54. The molecule has 0 atom stereocenters. The summed E-state index contributed by atoms with van der Waals surface area (Å²) in [6.07, 6.45) is 2.17. The molecule has 0 heterocycles. The van der Waals surface area contributed by atoms with Gasteiger partial charge >= 0.3 is 5.97 Å². The molecule has 0 unspecified atom stereocenters. The predicted octanol–water partition coefficient (Wildman–Crippen LogP) is 2.36. The van der Waals surface area contributed by atoms with Gasteiger partial charge in [-0.2, -0.15) is 0 Å². The molecule has 1 rings (SSSR count). The maximum absolute atomic E-state index is 11.4. The molecule has 3 heteroatoms. The maximum Gasteiger partial charge on any atom is 0.338 e. The zero-order chi connectivity index (χ0) is 12.7. The van der Waals surface area contributed by atoms with E-state index in [1.165, 1.54) is 5.56 Å². The summed E-state index contributed by atoms with van der Waals surface area (Å²) in [5.74, 6) is -0.243. The normalized spacial score (nSPS) is 10.6. The maximum atomic E-state index is 11.4. The lowest BCUT2D eigenvalue weighted by Gasteiger charge is -2.09. The highest BCUT2D eigenvalue weighted by Crippen LogP contribution is 2.08. The van der Waals surface area contributed by atoms with E-state index in [9.17, 15) is 4.79 Å². The Kier molecular flexibility index (Phi) is 5.70. The number of carbonyl (C=O) groups is 1. The minimum absolute atomic E-state index is 0.243. The summed E-state index contributed by atoms with van der Waals surface area (Å²) in [5.41, 5.74) is 1.89. The van der Waals surface area contributed by atoms with E-state index >= 15 is 0 Å². The minimum Gasteiger partial charge on any atom is -0.462 e. The van der Waals surface area contributed by atoms with Crippen molar-refractivity contribution in [3.8, 4) is 0 Å². The van der Waals surface area contributed by atoms with E-state index < -0.39 is 0 Å². The van der Waals surface area contributed by atoms with Crippen molar-refractivity contribution in [2.75, 3.05) is 27.2 Å². The Hall–Kier alpha value is -1.35. The van der Waals surface area contributed by atoms with E-state index in [1.807, 2.05) is 31.2 Å². The minimum atomic E-state index is -0.243. The second-order valence-electron chi connectivity index (χ2n) is 4.32. The molecular weight excluding hydrogens is 214 g/mol. The summed E-state index contributed by atoms with van der Waals surface area (Å²) in [5, 5.41) is 0. The number of rotatable bonds is 6. The number of carbonyl (C=O) groups excluding carboxylic acids is 1. The van der Waals surface area contributed by atoms with Crippen LogP contribution >= 0.6 is 0 Å². The lowest BCUT2D eigenvalue weighted by molar-refractivity contribution is 0.0526. The fourth-order valence-electron chi connectivity index (χ4n) is 1.62. The van der Waals surface area contributed by atoms with Crippen molar-refractivity contribution in [2.24, 2.45) is 0 Å². The number of hydrogen-bond donors (Lipinski definition) is 0.